The monoisotopic (exact) mass is 250 g/mol. The van der Waals surface area contributed by atoms with E-state index in [9.17, 15) is 13.2 Å². The van der Waals surface area contributed by atoms with Crippen LogP contribution in [-0.2, 0) is 19.4 Å². The van der Waals surface area contributed by atoms with Gasteiger partial charge in [0, 0.05) is 0 Å². The highest BCUT2D eigenvalue weighted by atomic mass is 32.2. The summed E-state index contributed by atoms with van der Waals surface area (Å²) in [5.41, 5.74) is 0. The Labute approximate surface area is 98.3 Å². The van der Waals surface area contributed by atoms with E-state index >= 15 is 0 Å². The van der Waals surface area contributed by atoms with Crippen LogP contribution in [-0.4, -0.2) is 32.0 Å². The average molecular weight is 250 g/mol. The third kappa shape index (κ3) is 6.10. The Morgan fingerprint density at radius 2 is 1.81 bits per heavy atom. The van der Waals surface area contributed by atoms with Gasteiger partial charge < -0.3 is 4.74 Å². The largest absolute Gasteiger partial charge is 0.466 e. The zero-order valence-electron chi connectivity index (χ0n) is 10.5. The molecule has 0 rings (SSSR count). The number of hydrogen-bond donors (Lipinski definition) is 0. The van der Waals surface area contributed by atoms with Crippen molar-refractivity contribution >= 4 is 15.8 Å². The highest BCUT2D eigenvalue weighted by molar-refractivity contribution is 7.92. The maximum atomic E-state index is 11.8. The quantitative estimate of drug-likeness (QED) is 0.646. The third-order valence-electron chi connectivity index (χ3n) is 2.35. The highest BCUT2D eigenvalue weighted by Gasteiger charge is 2.24. The van der Waals surface area contributed by atoms with E-state index < -0.39 is 21.1 Å². The fourth-order valence-electron chi connectivity index (χ4n) is 1.18. The van der Waals surface area contributed by atoms with E-state index in [1.54, 1.807) is 13.8 Å². The molecule has 0 fully saturated rings. The predicted molar refractivity (Wildman–Crippen MR) is 64.0 cm³/mol. The first-order chi connectivity index (χ1) is 7.29. The Morgan fingerprint density at radius 1 is 1.25 bits per heavy atom. The van der Waals surface area contributed by atoms with Crippen LogP contribution in [0.15, 0.2) is 0 Å². The van der Waals surface area contributed by atoms with Crippen molar-refractivity contribution in [2.75, 3.05) is 12.4 Å². The topological polar surface area (TPSA) is 60.4 Å². The molecule has 5 heteroatoms. The van der Waals surface area contributed by atoms with Crippen LogP contribution < -0.4 is 0 Å². The molecule has 0 radical (unpaired) electrons. The molecular formula is C11H22O4S. The normalized spacial score (nSPS) is 13.8. The Morgan fingerprint density at radius 3 is 2.25 bits per heavy atom. The van der Waals surface area contributed by atoms with Crippen LogP contribution in [0.4, 0.5) is 0 Å². The van der Waals surface area contributed by atoms with Crippen molar-refractivity contribution in [3.05, 3.63) is 0 Å². The van der Waals surface area contributed by atoms with Crippen molar-refractivity contribution in [2.24, 2.45) is 5.92 Å². The Hall–Kier alpha value is -0.580. The molecular weight excluding hydrogens is 228 g/mol. The second-order valence-electron chi connectivity index (χ2n) is 4.37. The van der Waals surface area contributed by atoms with E-state index in [0.717, 1.165) is 0 Å². The van der Waals surface area contributed by atoms with Crippen LogP contribution in [0.25, 0.3) is 0 Å². The van der Waals surface area contributed by atoms with Crippen LogP contribution in [0.2, 0.25) is 0 Å². The van der Waals surface area contributed by atoms with E-state index in [0.29, 0.717) is 12.3 Å². The Kier molecular flexibility index (Phi) is 6.64. The number of esters is 1. The lowest BCUT2D eigenvalue weighted by molar-refractivity contribution is -0.143. The Balaban J connectivity index is 4.24. The van der Waals surface area contributed by atoms with Gasteiger partial charge in [0.05, 0.1) is 24.0 Å². The first kappa shape index (κ1) is 15.4. The first-order valence-electron chi connectivity index (χ1n) is 5.66. The number of hydrogen-bond acceptors (Lipinski definition) is 4. The number of carbonyl (C=O) groups is 1. The van der Waals surface area contributed by atoms with Gasteiger partial charge in [0.1, 0.15) is 0 Å². The summed E-state index contributed by atoms with van der Waals surface area (Å²) in [6, 6.07) is 0. The Bertz CT molecular complexity index is 306. The summed E-state index contributed by atoms with van der Waals surface area (Å²) in [5.74, 6) is 0.0540. The first-order valence-corrected chi connectivity index (χ1v) is 7.38. The van der Waals surface area contributed by atoms with E-state index in [2.05, 4.69) is 0 Å². The zero-order chi connectivity index (χ0) is 12.8. The van der Waals surface area contributed by atoms with Gasteiger partial charge in [-0.05, 0) is 26.2 Å². The number of sulfone groups is 1. The SMILES string of the molecule is CCOC(=O)CC(C)S(=O)(=O)CCC(C)C. The molecule has 0 aromatic heterocycles. The van der Waals surface area contributed by atoms with Gasteiger partial charge in [-0.25, -0.2) is 8.42 Å². The standard InChI is InChI=1S/C11H22O4S/c1-5-15-11(12)8-10(4)16(13,14)7-6-9(2)3/h9-10H,5-8H2,1-4H3. The molecule has 1 atom stereocenters. The summed E-state index contributed by atoms with van der Waals surface area (Å²) in [6.07, 6.45) is 0.587. The maximum absolute atomic E-state index is 11.8. The fraction of sp³-hybridized carbons (Fsp3) is 0.909. The average Bonchev–Trinajstić information content (AvgIpc) is 2.15. The minimum atomic E-state index is -3.17. The van der Waals surface area contributed by atoms with Gasteiger partial charge in [0.15, 0.2) is 9.84 Å². The van der Waals surface area contributed by atoms with Crippen LogP contribution >= 0.6 is 0 Å². The predicted octanol–water partition coefficient (Wildman–Crippen LogP) is 1.79. The molecule has 0 aliphatic carbocycles. The molecule has 1 unspecified atom stereocenters. The molecule has 0 amide bonds. The summed E-state index contributed by atoms with van der Waals surface area (Å²) in [4.78, 5) is 11.2. The minimum Gasteiger partial charge on any atom is -0.466 e. The fourth-order valence-corrected chi connectivity index (χ4v) is 2.78. The highest BCUT2D eigenvalue weighted by Crippen LogP contribution is 2.12. The lowest BCUT2D eigenvalue weighted by Crippen LogP contribution is -2.25. The molecule has 0 N–H and O–H groups in total. The molecule has 0 aliphatic heterocycles. The molecule has 4 nitrogen and oxygen atoms in total. The van der Waals surface area contributed by atoms with E-state index in [4.69, 9.17) is 4.74 Å². The molecule has 0 aromatic rings. The number of rotatable bonds is 7. The van der Waals surface area contributed by atoms with E-state index in [1.165, 1.54) is 0 Å². The van der Waals surface area contributed by atoms with Crippen molar-refractivity contribution in [3.8, 4) is 0 Å². The van der Waals surface area contributed by atoms with Gasteiger partial charge in [-0.3, -0.25) is 4.79 Å². The van der Waals surface area contributed by atoms with Crippen molar-refractivity contribution in [3.63, 3.8) is 0 Å². The van der Waals surface area contributed by atoms with Crippen LogP contribution in [0.5, 0.6) is 0 Å². The van der Waals surface area contributed by atoms with Crippen LogP contribution in [0.3, 0.4) is 0 Å². The zero-order valence-corrected chi connectivity index (χ0v) is 11.3. The molecule has 0 saturated carbocycles. The number of carbonyl (C=O) groups excluding carboxylic acids is 1. The van der Waals surface area contributed by atoms with Gasteiger partial charge in [0.25, 0.3) is 0 Å². The molecule has 0 aromatic carbocycles. The lowest BCUT2D eigenvalue weighted by Gasteiger charge is -2.13. The molecule has 0 saturated heterocycles. The second-order valence-corrected chi connectivity index (χ2v) is 6.91. The molecule has 16 heavy (non-hydrogen) atoms. The molecule has 0 bridgehead atoms. The summed E-state index contributed by atoms with van der Waals surface area (Å²) in [7, 11) is -3.17. The van der Waals surface area contributed by atoms with Crippen LogP contribution in [0.1, 0.15) is 40.5 Å². The van der Waals surface area contributed by atoms with Gasteiger partial charge in [-0.2, -0.15) is 0 Å². The minimum absolute atomic E-state index is 0.0474. The molecule has 96 valence electrons. The van der Waals surface area contributed by atoms with Crippen molar-refractivity contribution in [1.82, 2.24) is 0 Å². The van der Waals surface area contributed by atoms with Crippen molar-refractivity contribution in [1.29, 1.82) is 0 Å². The van der Waals surface area contributed by atoms with Gasteiger partial charge in [-0.15, -0.1) is 0 Å². The van der Waals surface area contributed by atoms with E-state index in [-0.39, 0.29) is 18.8 Å². The smallest absolute Gasteiger partial charge is 0.307 e. The number of ether oxygens (including phenoxy) is 1. The van der Waals surface area contributed by atoms with Gasteiger partial charge >= 0.3 is 5.97 Å². The molecule has 0 spiro atoms. The molecule has 0 heterocycles. The van der Waals surface area contributed by atoms with Crippen molar-refractivity contribution in [2.45, 2.75) is 45.8 Å². The van der Waals surface area contributed by atoms with Crippen LogP contribution in [0, 0.1) is 5.92 Å². The molecule has 0 aliphatic rings. The van der Waals surface area contributed by atoms with Crippen molar-refractivity contribution < 1.29 is 17.9 Å². The third-order valence-corrected chi connectivity index (χ3v) is 4.55. The summed E-state index contributed by atoms with van der Waals surface area (Å²) in [5, 5.41) is -0.648. The lowest BCUT2D eigenvalue weighted by atomic mass is 10.2. The maximum Gasteiger partial charge on any atom is 0.307 e. The van der Waals surface area contributed by atoms with Gasteiger partial charge in [-0.1, -0.05) is 13.8 Å². The summed E-state index contributed by atoms with van der Waals surface area (Å²) >= 11 is 0. The summed E-state index contributed by atoms with van der Waals surface area (Å²) in [6.45, 7) is 7.51. The van der Waals surface area contributed by atoms with Gasteiger partial charge in [0.2, 0.25) is 0 Å². The second kappa shape index (κ2) is 6.89. The summed E-state index contributed by atoms with van der Waals surface area (Å²) < 4.78 is 28.3. The van der Waals surface area contributed by atoms with E-state index in [1.807, 2.05) is 13.8 Å².